The second-order valence-electron chi connectivity index (χ2n) is 4.12. The molecule has 4 heteroatoms. The van der Waals surface area contributed by atoms with E-state index in [2.05, 4.69) is 0 Å². The number of rotatable bonds is 3. The van der Waals surface area contributed by atoms with Gasteiger partial charge in [-0.1, -0.05) is 0 Å². The molecule has 4 nitrogen and oxygen atoms in total. The molecule has 92 valence electrons. The number of benzene rings is 1. The molecular weight excluding hydrogens is 218 g/mol. The lowest BCUT2D eigenvalue weighted by molar-refractivity contribution is -0.121. The van der Waals surface area contributed by atoms with E-state index in [4.69, 9.17) is 4.74 Å². The molecule has 1 heterocycles. The Morgan fingerprint density at radius 1 is 1.41 bits per heavy atom. The second kappa shape index (κ2) is 5.19. The summed E-state index contributed by atoms with van der Waals surface area (Å²) in [7, 11) is 0. The molecule has 1 fully saturated rings. The molecule has 1 unspecified atom stereocenters. The third-order valence-corrected chi connectivity index (χ3v) is 2.85. The van der Waals surface area contributed by atoms with Crippen LogP contribution in [0.3, 0.4) is 0 Å². The number of aliphatic hydroxyl groups is 1. The van der Waals surface area contributed by atoms with Gasteiger partial charge >= 0.3 is 0 Å². The van der Waals surface area contributed by atoms with Crippen molar-refractivity contribution in [3.63, 3.8) is 0 Å². The van der Waals surface area contributed by atoms with E-state index in [1.807, 2.05) is 31.2 Å². The molecule has 1 aromatic carbocycles. The van der Waals surface area contributed by atoms with Crippen LogP contribution in [0.1, 0.15) is 19.8 Å². The van der Waals surface area contributed by atoms with Crippen molar-refractivity contribution in [3.8, 4) is 5.75 Å². The number of β-amino-alcohol motifs (C(OH)–C–C–N with tert-alkyl or cyclic N) is 1. The maximum absolute atomic E-state index is 11.7. The Morgan fingerprint density at radius 3 is 2.76 bits per heavy atom. The number of piperidine rings is 1. The maximum Gasteiger partial charge on any atom is 0.227 e. The van der Waals surface area contributed by atoms with Crippen molar-refractivity contribution in [1.29, 1.82) is 0 Å². The van der Waals surface area contributed by atoms with Crippen molar-refractivity contribution in [2.24, 2.45) is 0 Å². The monoisotopic (exact) mass is 235 g/mol. The van der Waals surface area contributed by atoms with Gasteiger partial charge in [0.1, 0.15) is 5.75 Å². The molecule has 17 heavy (non-hydrogen) atoms. The van der Waals surface area contributed by atoms with Gasteiger partial charge in [0.15, 0.2) is 0 Å². The third-order valence-electron chi connectivity index (χ3n) is 2.85. The molecule has 0 aliphatic carbocycles. The van der Waals surface area contributed by atoms with E-state index in [0.717, 1.165) is 11.4 Å². The fourth-order valence-electron chi connectivity index (χ4n) is 1.97. The fourth-order valence-corrected chi connectivity index (χ4v) is 1.97. The lowest BCUT2D eigenvalue weighted by Crippen LogP contribution is -2.42. The van der Waals surface area contributed by atoms with Gasteiger partial charge < -0.3 is 14.7 Å². The van der Waals surface area contributed by atoms with Crippen molar-refractivity contribution < 1.29 is 14.6 Å². The summed E-state index contributed by atoms with van der Waals surface area (Å²) in [4.78, 5) is 13.4. The smallest absolute Gasteiger partial charge is 0.227 e. The van der Waals surface area contributed by atoms with E-state index in [-0.39, 0.29) is 5.91 Å². The maximum atomic E-state index is 11.7. The number of ether oxygens (including phenoxy) is 1. The summed E-state index contributed by atoms with van der Waals surface area (Å²) in [5, 5.41) is 9.58. The van der Waals surface area contributed by atoms with Gasteiger partial charge in [-0.05, 0) is 37.6 Å². The van der Waals surface area contributed by atoms with E-state index in [0.29, 0.717) is 26.0 Å². The predicted octanol–water partition coefficient (Wildman–Crippen LogP) is 1.57. The van der Waals surface area contributed by atoms with E-state index < -0.39 is 6.10 Å². The number of hydrogen-bond acceptors (Lipinski definition) is 3. The number of amides is 1. The highest BCUT2D eigenvalue weighted by Crippen LogP contribution is 2.23. The van der Waals surface area contributed by atoms with Crippen LogP contribution in [0.4, 0.5) is 5.69 Å². The van der Waals surface area contributed by atoms with Crippen molar-refractivity contribution in [2.45, 2.75) is 25.9 Å². The minimum absolute atomic E-state index is 0.0689. The Labute approximate surface area is 101 Å². The van der Waals surface area contributed by atoms with Crippen molar-refractivity contribution in [3.05, 3.63) is 24.3 Å². The molecule has 2 rings (SSSR count). The SMILES string of the molecule is CCOc1ccc(N2CC(O)CCC2=O)cc1. The average Bonchev–Trinajstić information content (AvgIpc) is 2.34. The summed E-state index contributed by atoms with van der Waals surface area (Å²) in [5.41, 5.74) is 0.817. The number of aliphatic hydroxyl groups excluding tert-OH is 1. The lowest BCUT2D eigenvalue weighted by Gasteiger charge is -2.30. The number of nitrogens with zero attached hydrogens (tertiary/aromatic N) is 1. The molecule has 1 atom stereocenters. The lowest BCUT2D eigenvalue weighted by atomic mass is 10.1. The number of hydrogen-bond donors (Lipinski definition) is 1. The Morgan fingerprint density at radius 2 is 2.12 bits per heavy atom. The van der Waals surface area contributed by atoms with Crippen molar-refractivity contribution >= 4 is 11.6 Å². The molecule has 1 aliphatic heterocycles. The van der Waals surface area contributed by atoms with E-state index >= 15 is 0 Å². The van der Waals surface area contributed by atoms with Crippen LogP contribution >= 0.6 is 0 Å². The Bertz CT molecular complexity index is 388. The Balaban J connectivity index is 2.12. The van der Waals surface area contributed by atoms with Gasteiger partial charge in [-0.15, -0.1) is 0 Å². The summed E-state index contributed by atoms with van der Waals surface area (Å²) in [6.45, 7) is 2.94. The minimum atomic E-state index is -0.417. The van der Waals surface area contributed by atoms with Gasteiger partial charge in [0.25, 0.3) is 0 Å². The predicted molar refractivity (Wildman–Crippen MR) is 65.2 cm³/mol. The summed E-state index contributed by atoms with van der Waals surface area (Å²) < 4.78 is 5.34. The Kier molecular flexibility index (Phi) is 3.64. The molecule has 0 bridgehead atoms. The second-order valence-corrected chi connectivity index (χ2v) is 4.12. The zero-order valence-electron chi connectivity index (χ0n) is 9.93. The fraction of sp³-hybridized carbons (Fsp3) is 0.462. The molecule has 1 aliphatic rings. The molecule has 0 spiro atoms. The average molecular weight is 235 g/mol. The zero-order chi connectivity index (χ0) is 12.3. The number of anilines is 1. The first-order chi connectivity index (χ1) is 8.20. The zero-order valence-corrected chi connectivity index (χ0v) is 9.93. The molecular formula is C13H17NO3. The van der Waals surface area contributed by atoms with E-state index in [1.54, 1.807) is 4.90 Å². The van der Waals surface area contributed by atoms with Crippen LogP contribution in [0.15, 0.2) is 24.3 Å². The van der Waals surface area contributed by atoms with E-state index in [1.165, 1.54) is 0 Å². The standard InChI is InChI=1S/C13H17NO3/c1-2-17-12-6-3-10(4-7-12)14-9-11(15)5-8-13(14)16/h3-4,6-7,11,15H,2,5,8-9H2,1H3. The van der Waals surface area contributed by atoms with Gasteiger partial charge in [-0.25, -0.2) is 0 Å². The molecule has 1 amide bonds. The van der Waals surface area contributed by atoms with Crippen molar-refractivity contribution in [1.82, 2.24) is 0 Å². The van der Waals surface area contributed by atoms with Gasteiger partial charge in [-0.2, -0.15) is 0 Å². The van der Waals surface area contributed by atoms with Gasteiger partial charge in [0.2, 0.25) is 5.91 Å². The highest BCUT2D eigenvalue weighted by molar-refractivity contribution is 5.94. The molecule has 0 aromatic heterocycles. The first-order valence-electron chi connectivity index (χ1n) is 5.92. The normalized spacial score (nSPS) is 20.5. The molecule has 1 aromatic rings. The number of carbonyl (C=O) groups excluding carboxylic acids is 1. The largest absolute Gasteiger partial charge is 0.494 e. The molecule has 1 N–H and O–H groups in total. The molecule has 0 saturated carbocycles. The third kappa shape index (κ3) is 2.77. The first kappa shape index (κ1) is 11.9. The van der Waals surface area contributed by atoms with Crippen LogP contribution in [0, 0.1) is 0 Å². The number of carbonyl (C=O) groups is 1. The van der Waals surface area contributed by atoms with Gasteiger partial charge in [0.05, 0.1) is 19.3 Å². The molecule has 0 radical (unpaired) electrons. The van der Waals surface area contributed by atoms with Crippen LogP contribution in [0.5, 0.6) is 5.75 Å². The van der Waals surface area contributed by atoms with Crippen LogP contribution in [-0.2, 0) is 4.79 Å². The highest BCUT2D eigenvalue weighted by Gasteiger charge is 2.25. The summed E-state index contributed by atoms with van der Waals surface area (Å²) in [6, 6.07) is 7.38. The van der Waals surface area contributed by atoms with Crippen LogP contribution in [0.2, 0.25) is 0 Å². The topological polar surface area (TPSA) is 49.8 Å². The highest BCUT2D eigenvalue weighted by atomic mass is 16.5. The quantitative estimate of drug-likeness (QED) is 0.865. The van der Waals surface area contributed by atoms with Gasteiger partial charge in [-0.3, -0.25) is 4.79 Å². The van der Waals surface area contributed by atoms with Crippen LogP contribution in [-0.4, -0.2) is 30.3 Å². The summed E-state index contributed by atoms with van der Waals surface area (Å²) in [6.07, 6.45) is 0.556. The summed E-state index contributed by atoms with van der Waals surface area (Å²) in [5.74, 6) is 0.862. The van der Waals surface area contributed by atoms with Crippen molar-refractivity contribution in [2.75, 3.05) is 18.1 Å². The minimum Gasteiger partial charge on any atom is -0.494 e. The molecule has 1 saturated heterocycles. The van der Waals surface area contributed by atoms with Crippen LogP contribution in [0.25, 0.3) is 0 Å². The van der Waals surface area contributed by atoms with Gasteiger partial charge in [0, 0.05) is 12.1 Å². The van der Waals surface area contributed by atoms with E-state index in [9.17, 15) is 9.90 Å². The first-order valence-corrected chi connectivity index (χ1v) is 5.92. The summed E-state index contributed by atoms with van der Waals surface area (Å²) >= 11 is 0. The van der Waals surface area contributed by atoms with Crippen LogP contribution < -0.4 is 9.64 Å². The Hall–Kier alpha value is -1.55.